The van der Waals surface area contributed by atoms with Gasteiger partial charge in [0.25, 0.3) is 0 Å². The molecule has 0 saturated carbocycles. The Kier molecular flexibility index (Phi) is 4.06. The average molecular weight is 225 g/mol. The van der Waals surface area contributed by atoms with Gasteiger partial charge in [0.15, 0.2) is 0 Å². The van der Waals surface area contributed by atoms with Gasteiger partial charge in [-0.15, -0.1) is 0 Å². The Bertz CT molecular complexity index is 385. The number of hydrogen-bond acceptors (Lipinski definition) is 3. The van der Waals surface area contributed by atoms with E-state index in [1.54, 1.807) is 11.6 Å². The molecule has 0 spiro atoms. The smallest absolute Gasteiger partial charge is 0.224 e. The summed E-state index contributed by atoms with van der Waals surface area (Å²) in [6, 6.07) is -0.204. The quantitative estimate of drug-likeness (QED) is 0.762. The average Bonchev–Trinajstić information content (AvgIpc) is 2.45. The molecule has 0 fully saturated rings. The number of nitrogens with zero attached hydrogens (tertiary/aromatic N) is 2. The van der Waals surface area contributed by atoms with Gasteiger partial charge in [0.2, 0.25) is 5.91 Å². The SMILES string of the molecule is Cc1nn(C)c(C)c1CC(=O)NC(C)CO. The lowest BCUT2D eigenvalue weighted by Gasteiger charge is -2.10. The van der Waals surface area contributed by atoms with E-state index >= 15 is 0 Å². The first-order valence-corrected chi connectivity index (χ1v) is 5.35. The summed E-state index contributed by atoms with van der Waals surface area (Å²) in [7, 11) is 1.86. The Hall–Kier alpha value is -1.36. The van der Waals surface area contributed by atoms with E-state index in [4.69, 9.17) is 5.11 Å². The molecular formula is C11H19N3O2. The van der Waals surface area contributed by atoms with Crippen LogP contribution in [0.4, 0.5) is 0 Å². The summed E-state index contributed by atoms with van der Waals surface area (Å²) in [5.74, 6) is -0.0826. The van der Waals surface area contributed by atoms with Gasteiger partial charge in [0.05, 0.1) is 18.7 Å². The number of amides is 1. The van der Waals surface area contributed by atoms with Gasteiger partial charge in [-0.3, -0.25) is 9.48 Å². The molecule has 1 aromatic rings. The number of aliphatic hydroxyl groups excluding tert-OH is 1. The van der Waals surface area contributed by atoms with Crippen molar-refractivity contribution in [2.24, 2.45) is 7.05 Å². The van der Waals surface area contributed by atoms with Crippen LogP contribution in [0.1, 0.15) is 23.9 Å². The van der Waals surface area contributed by atoms with Crippen LogP contribution in [0.3, 0.4) is 0 Å². The third-order valence-corrected chi connectivity index (χ3v) is 2.68. The van der Waals surface area contributed by atoms with Gasteiger partial charge in [-0.25, -0.2) is 0 Å². The fourth-order valence-electron chi connectivity index (χ4n) is 1.61. The predicted molar refractivity (Wildman–Crippen MR) is 61.1 cm³/mol. The fraction of sp³-hybridized carbons (Fsp3) is 0.636. The van der Waals surface area contributed by atoms with Gasteiger partial charge in [-0.2, -0.15) is 5.10 Å². The zero-order valence-electron chi connectivity index (χ0n) is 10.2. The maximum absolute atomic E-state index is 11.6. The van der Waals surface area contributed by atoms with Gasteiger partial charge < -0.3 is 10.4 Å². The second kappa shape index (κ2) is 5.12. The predicted octanol–water partition coefficient (Wildman–Crippen LogP) is 0.0764. The molecule has 0 aliphatic rings. The lowest BCUT2D eigenvalue weighted by Crippen LogP contribution is -2.36. The minimum Gasteiger partial charge on any atom is -0.394 e. The molecule has 0 bridgehead atoms. The highest BCUT2D eigenvalue weighted by Gasteiger charge is 2.14. The number of nitrogens with one attached hydrogen (secondary N) is 1. The van der Waals surface area contributed by atoms with Crippen molar-refractivity contribution in [2.75, 3.05) is 6.61 Å². The zero-order valence-corrected chi connectivity index (χ0v) is 10.2. The summed E-state index contributed by atoms with van der Waals surface area (Å²) in [6.45, 7) is 5.56. The largest absolute Gasteiger partial charge is 0.394 e. The molecule has 16 heavy (non-hydrogen) atoms. The minimum absolute atomic E-state index is 0.0449. The molecule has 5 heteroatoms. The van der Waals surface area contributed by atoms with E-state index in [1.807, 2.05) is 20.9 Å². The van der Waals surface area contributed by atoms with E-state index < -0.39 is 0 Å². The van der Waals surface area contributed by atoms with Crippen molar-refractivity contribution in [3.05, 3.63) is 17.0 Å². The molecule has 0 radical (unpaired) electrons. The molecule has 0 aliphatic heterocycles. The lowest BCUT2D eigenvalue weighted by molar-refractivity contribution is -0.121. The van der Waals surface area contributed by atoms with Crippen LogP contribution < -0.4 is 5.32 Å². The van der Waals surface area contributed by atoms with Crippen molar-refractivity contribution in [3.8, 4) is 0 Å². The summed E-state index contributed by atoms with van der Waals surface area (Å²) >= 11 is 0. The third kappa shape index (κ3) is 2.82. The van der Waals surface area contributed by atoms with E-state index in [1.165, 1.54) is 0 Å². The normalized spacial score (nSPS) is 12.6. The first-order chi connectivity index (χ1) is 7.45. The zero-order chi connectivity index (χ0) is 12.3. The van der Waals surface area contributed by atoms with Gasteiger partial charge in [0, 0.05) is 24.3 Å². The molecule has 1 aromatic heterocycles. The highest BCUT2D eigenvalue weighted by molar-refractivity contribution is 5.79. The first kappa shape index (κ1) is 12.7. The van der Waals surface area contributed by atoms with Gasteiger partial charge >= 0.3 is 0 Å². The Labute approximate surface area is 95.5 Å². The maximum atomic E-state index is 11.6. The molecule has 0 aromatic carbocycles. The van der Waals surface area contributed by atoms with Gasteiger partial charge in [-0.05, 0) is 20.8 Å². The summed E-state index contributed by atoms with van der Waals surface area (Å²) in [5, 5.41) is 15.8. The van der Waals surface area contributed by atoms with Crippen LogP contribution in [-0.2, 0) is 18.3 Å². The van der Waals surface area contributed by atoms with Crippen molar-refractivity contribution >= 4 is 5.91 Å². The molecule has 0 aliphatic carbocycles. The Morgan fingerprint density at radius 1 is 1.56 bits per heavy atom. The van der Waals surface area contributed by atoms with E-state index in [0.717, 1.165) is 17.0 Å². The first-order valence-electron chi connectivity index (χ1n) is 5.35. The lowest BCUT2D eigenvalue weighted by atomic mass is 10.1. The van der Waals surface area contributed by atoms with Crippen LogP contribution in [0.15, 0.2) is 0 Å². The molecule has 1 atom stereocenters. The molecule has 90 valence electrons. The van der Waals surface area contributed by atoms with Crippen LogP contribution in [0.2, 0.25) is 0 Å². The summed E-state index contributed by atoms with van der Waals surface area (Å²) in [4.78, 5) is 11.6. The minimum atomic E-state index is -0.204. The summed E-state index contributed by atoms with van der Waals surface area (Å²) < 4.78 is 1.77. The number of hydrogen-bond donors (Lipinski definition) is 2. The van der Waals surface area contributed by atoms with E-state index in [0.29, 0.717) is 6.42 Å². The highest BCUT2D eigenvalue weighted by atomic mass is 16.3. The van der Waals surface area contributed by atoms with E-state index in [9.17, 15) is 4.79 Å². The molecule has 1 amide bonds. The molecule has 1 unspecified atom stereocenters. The molecule has 1 rings (SSSR count). The number of aliphatic hydroxyl groups is 1. The van der Waals surface area contributed by atoms with E-state index in [2.05, 4.69) is 10.4 Å². The molecule has 5 nitrogen and oxygen atoms in total. The number of aryl methyl sites for hydroxylation is 2. The van der Waals surface area contributed by atoms with Crippen molar-refractivity contribution in [3.63, 3.8) is 0 Å². The van der Waals surface area contributed by atoms with Gasteiger partial charge in [0.1, 0.15) is 0 Å². The van der Waals surface area contributed by atoms with Crippen molar-refractivity contribution in [1.29, 1.82) is 0 Å². The number of carbonyl (C=O) groups is 1. The Morgan fingerprint density at radius 3 is 2.62 bits per heavy atom. The fourth-order valence-corrected chi connectivity index (χ4v) is 1.61. The monoisotopic (exact) mass is 225 g/mol. The van der Waals surface area contributed by atoms with Crippen LogP contribution in [-0.4, -0.2) is 33.4 Å². The highest BCUT2D eigenvalue weighted by Crippen LogP contribution is 2.12. The van der Waals surface area contributed by atoms with Crippen LogP contribution in [0.5, 0.6) is 0 Å². The number of aromatic nitrogens is 2. The van der Waals surface area contributed by atoms with Crippen LogP contribution in [0, 0.1) is 13.8 Å². The molecule has 0 saturated heterocycles. The van der Waals surface area contributed by atoms with Crippen molar-refractivity contribution < 1.29 is 9.90 Å². The second-order valence-electron chi connectivity index (χ2n) is 4.10. The second-order valence-corrected chi connectivity index (χ2v) is 4.10. The maximum Gasteiger partial charge on any atom is 0.224 e. The molecule has 2 N–H and O–H groups in total. The number of carbonyl (C=O) groups excluding carboxylic acids is 1. The molecule has 1 heterocycles. The van der Waals surface area contributed by atoms with Crippen LogP contribution >= 0.6 is 0 Å². The van der Waals surface area contributed by atoms with Crippen molar-refractivity contribution in [2.45, 2.75) is 33.2 Å². The summed E-state index contributed by atoms with van der Waals surface area (Å²) in [6.07, 6.45) is 0.315. The standard InChI is InChI=1S/C11H19N3O2/c1-7(6-15)12-11(16)5-10-8(2)13-14(4)9(10)3/h7,15H,5-6H2,1-4H3,(H,12,16). The third-order valence-electron chi connectivity index (χ3n) is 2.68. The molecular weight excluding hydrogens is 206 g/mol. The van der Waals surface area contributed by atoms with E-state index in [-0.39, 0.29) is 18.6 Å². The van der Waals surface area contributed by atoms with Gasteiger partial charge in [-0.1, -0.05) is 0 Å². The number of rotatable bonds is 4. The Balaban J connectivity index is 2.70. The van der Waals surface area contributed by atoms with Crippen LogP contribution in [0.25, 0.3) is 0 Å². The topological polar surface area (TPSA) is 67.2 Å². The Morgan fingerprint density at radius 2 is 2.19 bits per heavy atom. The summed E-state index contributed by atoms with van der Waals surface area (Å²) in [5.41, 5.74) is 2.85. The van der Waals surface area contributed by atoms with Crippen molar-refractivity contribution in [1.82, 2.24) is 15.1 Å².